The van der Waals surface area contributed by atoms with Crippen molar-refractivity contribution in [2.45, 2.75) is 19.2 Å². The summed E-state index contributed by atoms with van der Waals surface area (Å²) in [5.41, 5.74) is 3.93. The van der Waals surface area contributed by atoms with Gasteiger partial charge in [0, 0.05) is 11.6 Å². The molecule has 0 aliphatic carbocycles. The Kier molecular flexibility index (Phi) is 2.84. The summed E-state index contributed by atoms with van der Waals surface area (Å²) < 4.78 is 2.03. The van der Waals surface area contributed by atoms with Gasteiger partial charge in [0.1, 0.15) is 11.3 Å². The van der Waals surface area contributed by atoms with Crippen molar-refractivity contribution >= 4 is 34.1 Å². The zero-order valence-electron chi connectivity index (χ0n) is 10.1. The molecule has 1 unspecified atom stereocenters. The molecule has 0 fully saturated rings. The summed E-state index contributed by atoms with van der Waals surface area (Å²) in [5.74, 6) is 0.836. The fraction of sp³-hybridized carbons (Fsp3) is 0.231. The first kappa shape index (κ1) is 11.7. The summed E-state index contributed by atoms with van der Waals surface area (Å²) in [7, 11) is 0. The highest BCUT2D eigenvalue weighted by Crippen LogP contribution is 2.28. The van der Waals surface area contributed by atoms with E-state index in [1.807, 2.05) is 36.1 Å². The van der Waals surface area contributed by atoms with E-state index in [0.29, 0.717) is 0 Å². The number of nitrogens with zero attached hydrogens (tertiary/aromatic N) is 3. The third kappa shape index (κ3) is 1.82. The highest BCUT2D eigenvalue weighted by atomic mass is 35.5. The van der Waals surface area contributed by atoms with E-state index in [4.69, 9.17) is 11.6 Å². The molecule has 0 N–H and O–H groups in total. The number of thiophene rings is 1. The first-order valence-electron chi connectivity index (χ1n) is 5.68. The minimum absolute atomic E-state index is 0.153. The van der Waals surface area contributed by atoms with Crippen molar-refractivity contribution in [1.82, 2.24) is 14.5 Å². The average molecular weight is 278 g/mol. The minimum atomic E-state index is -0.153. The van der Waals surface area contributed by atoms with Crippen LogP contribution in [-0.2, 0) is 0 Å². The van der Waals surface area contributed by atoms with E-state index >= 15 is 0 Å². The molecule has 0 spiro atoms. The summed E-state index contributed by atoms with van der Waals surface area (Å²) in [4.78, 5) is 9.09. The van der Waals surface area contributed by atoms with Gasteiger partial charge in [-0.2, -0.15) is 11.3 Å². The van der Waals surface area contributed by atoms with Crippen molar-refractivity contribution in [3.05, 3.63) is 40.5 Å². The standard InChI is InChI=1S/C13H12ClN3S/c1-8-5-11-13(15-6-8)17(10-3-4-18-7-10)12(16-11)9(2)14/h3-7,9H,1-2H3. The molecule has 0 aliphatic heterocycles. The SMILES string of the molecule is Cc1cnc2c(c1)nc(C(C)Cl)n2-c1ccsc1. The predicted molar refractivity (Wildman–Crippen MR) is 75.7 cm³/mol. The predicted octanol–water partition coefficient (Wildman–Crippen LogP) is 4.09. The molecule has 1 atom stereocenters. The van der Waals surface area contributed by atoms with Crippen LogP contribution in [0, 0.1) is 6.92 Å². The van der Waals surface area contributed by atoms with Crippen LogP contribution in [0.25, 0.3) is 16.9 Å². The number of rotatable bonds is 2. The molecule has 0 aliphatic rings. The molecule has 3 heterocycles. The van der Waals surface area contributed by atoms with Gasteiger partial charge in [-0.25, -0.2) is 9.97 Å². The number of halogens is 1. The van der Waals surface area contributed by atoms with Crippen LogP contribution in [0.5, 0.6) is 0 Å². The summed E-state index contributed by atoms with van der Waals surface area (Å²) in [5, 5.41) is 3.96. The molecule has 3 aromatic heterocycles. The fourth-order valence-electron chi connectivity index (χ4n) is 1.99. The first-order valence-corrected chi connectivity index (χ1v) is 7.06. The van der Waals surface area contributed by atoms with Crippen molar-refractivity contribution in [1.29, 1.82) is 0 Å². The Morgan fingerprint density at radius 2 is 2.28 bits per heavy atom. The number of aromatic nitrogens is 3. The van der Waals surface area contributed by atoms with E-state index < -0.39 is 0 Å². The molecule has 0 aromatic carbocycles. The molecule has 0 radical (unpaired) electrons. The van der Waals surface area contributed by atoms with Gasteiger partial charge < -0.3 is 0 Å². The molecular formula is C13H12ClN3S. The van der Waals surface area contributed by atoms with E-state index in [2.05, 4.69) is 21.4 Å². The highest BCUT2D eigenvalue weighted by molar-refractivity contribution is 7.08. The molecule has 18 heavy (non-hydrogen) atoms. The molecule has 0 saturated carbocycles. The third-order valence-electron chi connectivity index (χ3n) is 2.78. The largest absolute Gasteiger partial charge is 0.279 e. The second-order valence-electron chi connectivity index (χ2n) is 4.26. The summed E-state index contributed by atoms with van der Waals surface area (Å²) >= 11 is 7.88. The third-order valence-corrected chi connectivity index (χ3v) is 3.65. The maximum Gasteiger partial charge on any atom is 0.164 e. The van der Waals surface area contributed by atoms with Crippen molar-refractivity contribution in [3.8, 4) is 5.69 Å². The summed E-state index contributed by atoms with van der Waals surface area (Å²) in [6, 6.07) is 4.09. The monoisotopic (exact) mass is 277 g/mol. The zero-order valence-corrected chi connectivity index (χ0v) is 11.7. The van der Waals surface area contributed by atoms with Crippen molar-refractivity contribution < 1.29 is 0 Å². The van der Waals surface area contributed by atoms with Crippen LogP contribution in [0.15, 0.2) is 29.1 Å². The van der Waals surface area contributed by atoms with Gasteiger partial charge >= 0.3 is 0 Å². The lowest BCUT2D eigenvalue weighted by atomic mass is 10.3. The molecule has 0 bridgehead atoms. The number of pyridine rings is 1. The van der Waals surface area contributed by atoms with E-state index in [-0.39, 0.29) is 5.38 Å². The molecule has 3 rings (SSSR count). The molecular weight excluding hydrogens is 266 g/mol. The van der Waals surface area contributed by atoms with Gasteiger partial charge in [0.25, 0.3) is 0 Å². The van der Waals surface area contributed by atoms with Crippen LogP contribution >= 0.6 is 22.9 Å². The number of alkyl halides is 1. The van der Waals surface area contributed by atoms with E-state index in [9.17, 15) is 0 Å². The van der Waals surface area contributed by atoms with Crippen molar-refractivity contribution in [2.24, 2.45) is 0 Å². The maximum atomic E-state index is 6.23. The molecule has 92 valence electrons. The Labute approximate surface area is 114 Å². The topological polar surface area (TPSA) is 30.7 Å². The Balaban J connectivity index is 2.36. The normalized spacial score (nSPS) is 13.1. The lowest BCUT2D eigenvalue weighted by Crippen LogP contribution is -2.01. The Morgan fingerprint density at radius 3 is 2.94 bits per heavy atom. The molecule has 3 aromatic rings. The summed E-state index contributed by atoms with van der Waals surface area (Å²) in [6.45, 7) is 3.94. The van der Waals surface area contributed by atoms with Gasteiger partial charge in [-0.3, -0.25) is 4.57 Å². The van der Waals surface area contributed by atoms with Crippen LogP contribution in [-0.4, -0.2) is 14.5 Å². The van der Waals surface area contributed by atoms with Crippen molar-refractivity contribution in [3.63, 3.8) is 0 Å². The first-order chi connectivity index (χ1) is 8.66. The van der Waals surface area contributed by atoms with Gasteiger partial charge in [-0.05, 0) is 36.9 Å². The number of hydrogen-bond acceptors (Lipinski definition) is 3. The van der Waals surface area contributed by atoms with E-state index in [1.54, 1.807) is 11.3 Å². The summed E-state index contributed by atoms with van der Waals surface area (Å²) in [6.07, 6.45) is 1.86. The second kappa shape index (κ2) is 4.37. The molecule has 5 heteroatoms. The average Bonchev–Trinajstić information content (AvgIpc) is 2.92. The lowest BCUT2D eigenvalue weighted by Gasteiger charge is -2.07. The zero-order chi connectivity index (χ0) is 12.7. The smallest absolute Gasteiger partial charge is 0.164 e. The quantitative estimate of drug-likeness (QED) is 0.661. The second-order valence-corrected chi connectivity index (χ2v) is 5.69. The van der Waals surface area contributed by atoms with Gasteiger partial charge in [0.2, 0.25) is 0 Å². The lowest BCUT2D eigenvalue weighted by molar-refractivity contribution is 0.879. The molecule has 0 saturated heterocycles. The van der Waals surface area contributed by atoms with Crippen molar-refractivity contribution in [2.75, 3.05) is 0 Å². The van der Waals surface area contributed by atoms with Crippen LogP contribution < -0.4 is 0 Å². The molecule has 3 nitrogen and oxygen atoms in total. The van der Waals surface area contributed by atoms with E-state index in [1.165, 1.54) is 0 Å². The van der Waals surface area contributed by atoms with Gasteiger partial charge in [0.15, 0.2) is 5.65 Å². The number of fused-ring (bicyclic) bond motifs is 1. The van der Waals surface area contributed by atoms with Gasteiger partial charge in [-0.1, -0.05) is 0 Å². The van der Waals surface area contributed by atoms with Crippen LogP contribution in [0.4, 0.5) is 0 Å². The Bertz CT molecular complexity index is 686. The van der Waals surface area contributed by atoms with Gasteiger partial charge in [-0.15, -0.1) is 11.6 Å². The maximum absolute atomic E-state index is 6.23. The highest BCUT2D eigenvalue weighted by Gasteiger charge is 2.17. The van der Waals surface area contributed by atoms with Crippen LogP contribution in [0.3, 0.4) is 0 Å². The fourth-order valence-corrected chi connectivity index (χ4v) is 2.76. The minimum Gasteiger partial charge on any atom is -0.279 e. The van der Waals surface area contributed by atoms with E-state index in [0.717, 1.165) is 28.2 Å². The number of hydrogen-bond donors (Lipinski definition) is 0. The van der Waals surface area contributed by atoms with Crippen LogP contribution in [0.1, 0.15) is 23.7 Å². The Morgan fingerprint density at radius 1 is 1.44 bits per heavy atom. The van der Waals surface area contributed by atoms with Gasteiger partial charge in [0.05, 0.1) is 11.1 Å². The number of imidazole rings is 1. The van der Waals surface area contributed by atoms with Crippen LogP contribution in [0.2, 0.25) is 0 Å². The Hall–Kier alpha value is -1.39. The molecule has 0 amide bonds. The number of aryl methyl sites for hydroxylation is 1.